The van der Waals surface area contributed by atoms with E-state index in [4.69, 9.17) is 9.40 Å². The van der Waals surface area contributed by atoms with Crippen LogP contribution in [0.4, 0.5) is 5.82 Å². The van der Waals surface area contributed by atoms with Gasteiger partial charge in [0.2, 0.25) is 0 Å². The van der Waals surface area contributed by atoms with Crippen LogP contribution in [0.1, 0.15) is 34.3 Å². The molecule has 7 nitrogen and oxygen atoms in total. The topological polar surface area (TPSA) is 74.5 Å². The molecule has 0 aromatic carbocycles. The van der Waals surface area contributed by atoms with Gasteiger partial charge in [0.25, 0.3) is 5.91 Å². The molecule has 3 aromatic heterocycles. The maximum absolute atomic E-state index is 12.0. The highest BCUT2D eigenvalue weighted by Gasteiger charge is 2.26. The van der Waals surface area contributed by atoms with Crippen LogP contribution in [0.3, 0.4) is 0 Å². The molecule has 1 aliphatic carbocycles. The van der Waals surface area contributed by atoms with E-state index in [9.17, 15) is 4.79 Å². The molecule has 1 N–H and O–H groups in total. The fraction of sp³-hybridized carbons (Fsp3) is 0.500. The lowest BCUT2D eigenvalue weighted by Crippen LogP contribution is -2.48. The summed E-state index contributed by atoms with van der Waals surface area (Å²) >= 11 is 1.86. The third kappa shape index (κ3) is 3.81. The van der Waals surface area contributed by atoms with Crippen molar-refractivity contribution in [2.45, 2.75) is 26.2 Å². The van der Waals surface area contributed by atoms with Gasteiger partial charge in [0, 0.05) is 44.1 Å². The first-order chi connectivity index (χ1) is 14.7. The quantitative estimate of drug-likeness (QED) is 0.678. The number of amides is 1. The summed E-state index contributed by atoms with van der Waals surface area (Å²) in [7, 11) is 0. The van der Waals surface area contributed by atoms with Gasteiger partial charge >= 0.3 is 0 Å². The van der Waals surface area contributed by atoms with Crippen molar-refractivity contribution in [3.8, 4) is 0 Å². The summed E-state index contributed by atoms with van der Waals surface area (Å²) < 4.78 is 5.13. The number of anilines is 1. The fourth-order valence-electron chi connectivity index (χ4n) is 4.50. The monoisotopic (exact) mass is 425 g/mol. The Morgan fingerprint density at radius 2 is 2.17 bits per heavy atom. The molecular formula is C22H27N5O2S. The molecule has 1 aliphatic heterocycles. The molecule has 0 radical (unpaired) electrons. The van der Waals surface area contributed by atoms with Gasteiger partial charge in [-0.1, -0.05) is 6.92 Å². The molecular weight excluding hydrogens is 398 g/mol. The number of fused-ring (bicyclic) bond motifs is 3. The molecule has 158 valence electrons. The second kappa shape index (κ2) is 8.35. The van der Waals surface area contributed by atoms with E-state index in [1.54, 1.807) is 18.5 Å². The maximum atomic E-state index is 12.0. The Morgan fingerprint density at radius 1 is 1.30 bits per heavy atom. The number of hydrogen-bond acceptors (Lipinski definition) is 7. The number of hydrogen-bond donors (Lipinski definition) is 1. The van der Waals surface area contributed by atoms with Crippen LogP contribution in [0.25, 0.3) is 10.2 Å². The van der Waals surface area contributed by atoms with Crippen LogP contribution in [-0.4, -0.2) is 60.0 Å². The van der Waals surface area contributed by atoms with E-state index in [0.29, 0.717) is 12.3 Å². The lowest BCUT2D eigenvalue weighted by atomic mass is 9.89. The highest BCUT2D eigenvalue weighted by molar-refractivity contribution is 7.19. The highest BCUT2D eigenvalue weighted by atomic mass is 32.1. The van der Waals surface area contributed by atoms with Gasteiger partial charge in [-0.25, -0.2) is 9.97 Å². The fourth-order valence-corrected chi connectivity index (χ4v) is 5.85. The summed E-state index contributed by atoms with van der Waals surface area (Å²) in [6.07, 6.45) is 6.81. The van der Waals surface area contributed by atoms with Gasteiger partial charge < -0.3 is 14.6 Å². The molecule has 0 unspecified atom stereocenters. The van der Waals surface area contributed by atoms with Crippen LogP contribution in [0.15, 0.2) is 29.1 Å². The summed E-state index contributed by atoms with van der Waals surface area (Å²) in [5.41, 5.74) is 1.49. The van der Waals surface area contributed by atoms with E-state index in [0.717, 1.165) is 55.7 Å². The lowest BCUT2D eigenvalue weighted by molar-refractivity contribution is 0.0920. The number of furan rings is 1. The minimum absolute atomic E-state index is 0.154. The van der Waals surface area contributed by atoms with E-state index in [1.165, 1.54) is 34.9 Å². The Balaban J connectivity index is 1.21. The second-order valence-electron chi connectivity index (χ2n) is 8.29. The maximum Gasteiger partial charge on any atom is 0.287 e. The van der Waals surface area contributed by atoms with Crippen molar-refractivity contribution in [3.05, 3.63) is 40.9 Å². The molecule has 8 heteroatoms. The summed E-state index contributed by atoms with van der Waals surface area (Å²) in [6.45, 7) is 7.62. The van der Waals surface area contributed by atoms with E-state index >= 15 is 0 Å². The zero-order valence-electron chi connectivity index (χ0n) is 17.3. The van der Waals surface area contributed by atoms with Crippen LogP contribution in [0.2, 0.25) is 0 Å². The molecule has 0 saturated carbocycles. The standard InChI is InChI=1S/C22H27N5O2S/c1-15-4-5-16-18(13-15)30-22-19(16)20(24-14-25-22)27-10-8-26(9-11-27)7-6-23-21(28)17-3-2-12-29-17/h2-3,12,14-15H,4-11,13H2,1H3,(H,23,28)/t15-/m1/s1. The summed E-state index contributed by atoms with van der Waals surface area (Å²) in [4.78, 5) is 28.7. The number of aryl methyl sites for hydroxylation is 1. The number of aromatic nitrogens is 2. The van der Waals surface area contributed by atoms with Crippen LogP contribution < -0.4 is 10.2 Å². The Labute approximate surface area is 180 Å². The number of nitrogens with zero attached hydrogens (tertiary/aromatic N) is 4. The summed E-state index contributed by atoms with van der Waals surface area (Å²) in [5.74, 6) is 2.08. The van der Waals surface area contributed by atoms with Crippen LogP contribution in [0.5, 0.6) is 0 Å². The average molecular weight is 426 g/mol. The van der Waals surface area contributed by atoms with Gasteiger partial charge in [-0.05, 0) is 42.9 Å². The number of carbonyl (C=O) groups excluding carboxylic acids is 1. The Hall–Kier alpha value is -2.45. The number of rotatable bonds is 5. The summed E-state index contributed by atoms with van der Waals surface area (Å²) in [5, 5.41) is 4.22. The molecule has 3 aromatic rings. The Morgan fingerprint density at radius 3 is 2.97 bits per heavy atom. The van der Waals surface area contributed by atoms with Gasteiger partial charge in [-0.15, -0.1) is 11.3 Å². The Kier molecular flexibility index (Phi) is 5.43. The molecule has 1 amide bonds. The second-order valence-corrected chi connectivity index (χ2v) is 9.37. The minimum atomic E-state index is -0.154. The molecule has 5 rings (SSSR count). The number of piperazine rings is 1. The molecule has 1 saturated heterocycles. The van der Waals surface area contributed by atoms with Crippen molar-refractivity contribution in [2.75, 3.05) is 44.2 Å². The van der Waals surface area contributed by atoms with Crippen LogP contribution in [0, 0.1) is 5.92 Å². The minimum Gasteiger partial charge on any atom is -0.459 e. The van der Waals surface area contributed by atoms with Gasteiger partial charge in [0.1, 0.15) is 17.0 Å². The smallest absolute Gasteiger partial charge is 0.287 e. The van der Waals surface area contributed by atoms with Crippen molar-refractivity contribution in [2.24, 2.45) is 5.92 Å². The summed E-state index contributed by atoms with van der Waals surface area (Å²) in [6, 6.07) is 3.41. The van der Waals surface area contributed by atoms with Crippen molar-refractivity contribution in [1.29, 1.82) is 0 Å². The lowest BCUT2D eigenvalue weighted by Gasteiger charge is -2.35. The van der Waals surface area contributed by atoms with Gasteiger partial charge in [0.15, 0.2) is 5.76 Å². The highest BCUT2D eigenvalue weighted by Crippen LogP contribution is 2.40. The van der Waals surface area contributed by atoms with E-state index in [-0.39, 0.29) is 5.91 Å². The van der Waals surface area contributed by atoms with E-state index in [2.05, 4.69) is 27.0 Å². The van der Waals surface area contributed by atoms with Crippen molar-refractivity contribution < 1.29 is 9.21 Å². The third-order valence-corrected chi connectivity index (χ3v) is 7.36. The van der Waals surface area contributed by atoms with Crippen molar-refractivity contribution in [1.82, 2.24) is 20.2 Å². The first kappa shape index (κ1) is 19.5. The average Bonchev–Trinajstić information content (AvgIpc) is 3.41. The molecule has 2 aliphatic rings. The van der Waals surface area contributed by atoms with Crippen molar-refractivity contribution >= 4 is 33.3 Å². The van der Waals surface area contributed by atoms with Gasteiger partial charge in [-0.2, -0.15) is 0 Å². The molecule has 0 bridgehead atoms. The molecule has 4 heterocycles. The molecule has 1 fully saturated rings. The van der Waals surface area contributed by atoms with Crippen LogP contribution >= 0.6 is 11.3 Å². The van der Waals surface area contributed by atoms with Crippen LogP contribution in [-0.2, 0) is 12.8 Å². The third-order valence-electron chi connectivity index (χ3n) is 6.20. The number of nitrogens with one attached hydrogen (secondary N) is 1. The first-order valence-electron chi connectivity index (χ1n) is 10.7. The first-order valence-corrected chi connectivity index (χ1v) is 11.5. The Bertz CT molecular complexity index is 1020. The zero-order valence-corrected chi connectivity index (χ0v) is 18.1. The molecule has 0 spiro atoms. The normalized spacial score (nSPS) is 19.8. The van der Waals surface area contributed by atoms with E-state index in [1.807, 2.05) is 11.3 Å². The predicted octanol–water partition coefficient (Wildman–Crippen LogP) is 2.96. The largest absolute Gasteiger partial charge is 0.459 e. The SMILES string of the molecule is C[C@@H]1CCc2c(sc3ncnc(N4CCN(CCNC(=O)c5ccco5)CC4)c23)C1. The van der Waals surface area contributed by atoms with Gasteiger partial charge in [-0.3, -0.25) is 9.69 Å². The molecule has 30 heavy (non-hydrogen) atoms. The number of thiophene rings is 1. The van der Waals surface area contributed by atoms with Gasteiger partial charge in [0.05, 0.1) is 11.6 Å². The predicted molar refractivity (Wildman–Crippen MR) is 118 cm³/mol. The van der Waals surface area contributed by atoms with E-state index < -0.39 is 0 Å². The zero-order chi connectivity index (χ0) is 20.5. The number of carbonyl (C=O) groups is 1. The van der Waals surface area contributed by atoms with Crippen molar-refractivity contribution in [3.63, 3.8) is 0 Å². The molecule has 1 atom stereocenters.